The van der Waals surface area contributed by atoms with Gasteiger partial charge in [0.15, 0.2) is 0 Å². The van der Waals surface area contributed by atoms with E-state index in [0.29, 0.717) is 12.0 Å². The Bertz CT molecular complexity index is 2780. The Morgan fingerprint density at radius 1 is 0.411 bits per heavy atom. The van der Waals surface area contributed by atoms with Crippen LogP contribution in [0.4, 0.5) is 0 Å². The SMILES string of the molecule is CC[C@H](C)[C@@H](NC(=O)[C@@H](NC(=O)[C@H](CCC(=O)O)NC(=O)[C@H](Cc1ccccc1)NC(=O)[C@@H](CCN)NC(=O)[C@H](CCN)NC(=O)[C@H](CO)NC(=O)[C@@H](C)NC(=O)[C@@H](CO)NC(=O)CNC(=O)[C@@H](CCN)NC(=O)[C@H](NC(=O)[C@H](C)N)C(C)C)C(C)C)C(=O)N[C@@H](C)C(=O)O. The van der Waals surface area contributed by atoms with Crippen molar-refractivity contribution in [2.24, 2.45) is 40.7 Å². The second-order valence-corrected chi connectivity index (χ2v) is 23.3. The number of carboxylic acid groups (broad SMARTS) is 2. The van der Waals surface area contributed by atoms with Crippen molar-refractivity contribution in [3.63, 3.8) is 0 Å². The largest absolute Gasteiger partial charge is 0.481 e. The first kappa shape index (κ1) is 84.0. The Morgan fingerprint density at radius 3 is 1.23 bits per heavy atom. The Labute approximate surface area is 550 Å². The summed E-state index contributed by atoms with van der Waals surface area (Å²) in [7, 11) is 0. The van der Waals surface area contributed by atoms with Crippen LogP contribution in [0.3, 0.4) is 0 Å². The second kappa shape index (κ2) is 43.1. The van der Waals surface area contributed by atoms with Crippen LogP contribution >= 0.6 is 0 Å². The number of aliphatic hydroxyl groups excluding tert-OH is 2. The third-order valence-corrected chi connectivity index (χ3v) is 14.7. The molecule has 1 aromatic carbocycles. The van der Waals surface area contributed by atoms with Gasteiger partial charge in [0.25, 0.3) is 0 Å². The summed E-state index contributed by atoms with van der Waals surface area (Å²) in [6.45, 7) is 10.1. The van der Waals surface area contributed by atoms with Crippen molar-refractivity contribution in [2.75, 3.05) is 39.4 Å². The van der Waals surface area contributed by atoms with Crippen molar-refractivity contribution < 1.29 is 92.3 Å². The monoisotopic (exact) mass is 1350 g/mol. The maximum Gasteiger partial charge on any atom is 0.325 e. The molecule has 13 amide bonds. The zero-order valence-corrected chi connectivity index (χ0v) is 55.0. The molecule has 0 saturated carbocycles. The first-order chi connectivity index (χ1) is 44.6. The van der Waals surface area contributed by atoms with E-state index in [9.17, 15) is 92.3 Å². The van der Waals surface area contributed by atoms with E-state index < -0.39 is 218 Å². The maximum absolute atomic E-state index is 14.4. The molecule has 25 N–H and O–H groups in total. The van der Waals surface area contributed by atoms with Gasteiger partial charge in [0.05, 0.1) is 25.8 Å². The summed E-state index contributed by atoms with van der Waals surface area (Å²) in [6, 6.07) is -10.6. The quantitative estimate of drug-likeness (QED) is 0.0288. The van der Waals surface area contributed by atoms with Crippen LogP contribution < -0.4 is 92.1 Å². The molecule has 0 heterocycles. The van der Waals surface area contributed by atoms with E-state index in [1.54, 1.807) is 71.9 Å². The number of nitrogens with one attached hydrogen (secondary N) is 13. The van der Waals surface area contributed by atoms with Gasteiger partial charge in [-0.3, -0.25) is 71.9 Å². The zero-order chi connectivity index (χ0) is 72.4. The molecule has 36 nitrogen and oxygen atoms in total. The number of carbonyl (C=O) groups excluding carboxylic acids is 13. The number of aliphatic hydroxyl groups is 2. The van der Waals surface area contributed by atoms with Gasteiger partial charge in [-0.15, -0.1) is 0 Å². The lowest BCUT2D eigenvalue weighted by atomic mass is 9.96. The van der Waals surface area contributed by atoms with Crippen LogP contribution in [0.1, 0.15) is 106 Å². The molecule has 0 fully saturated rings. The number of amides is 13. The van der Waals surface area contributed by atoms with Crippen LogP contribution in [-0.4, -0.2) is 227 Å². The van der Waals surface area contributed by atoms with E-state index in [2.05, 4.69) is 69.1 Å². The summed E-state index contributed by atoms with van der Waals surface area (Å²) < 4.78 is 0. The van der Waals surface area contributed by atoms with E-state index >= 15 is 0 Å². The highest BCUT2D eigenvalue weighted by molar-refractivity contribution is 6.00. The molecular weight excluding hydrogens is 1250 g/mol. The number of rotatable bonds is 44. The minimum Gasteiger partial charge on any atom is -0.481 e. The summed E-state index contributed by atoms with van der Waals surface area (Å²) in [5.41, 5.74) is 23.4. The predicted molar refractivity (Wildman–Crippen MR) is 340 cm³/mol. The molecule has 534 valence electrons. The van der Waals surface area contributed by atoms with Crippen molar-refractivity contribution >= 4 is 88.7 Å². The van der Waals surface area contributed by atoms with Crippen LogP contribution in [0.5, 0.6) is 0 Å². The highest BCUT2D eigenvalue weighted by atomic mass is 16.4. The number of nitrogens with two attached hydrogens (primary N) is 4. The highest BCUT2D eigenvalue weighted by Crippen LogP contribution is 2.13. The molecule has 0 aromatic heterocycles. The number of carbonyl (C=O) groups is 15. The van der Waals surface area contributed by atoms with Gasteiger partial charge in [-0.25, -0.2) is 0 Å². The molecule has 0 aliphatic heterocycles. The first-order valence-corrected chi connectivity index (χ1v) is 31.1. The standard InChI is InChI=1S/C59H99N17O19/c1-10-30(6)46(58(93)66-33(9)59(94)95)76-57(92)45(29(4)5)75-52(87)35(16-17-43(80)81)68-53(88)39(24-34-14-12-11-13-15-34)72-51(86)38(20-23-62)69-50(85)37(19-22-61)70-55(90)41(27-78)73-48(83)32(8)65-54(89)40(26-77)67-42(79)25-64-49(84)36(18-21-60)71-56(91)44(28(2)3)74-47(82)31(7)63/h11-15,28-33,35-41,44-46,77-78H,10,16-27,60-63H2,1-9H3,(H,64,84)(H,65,89)(H,66,93)(H,67,79)(H,68,88)(H,69,85)(H,70,90)(H,71,91)(H,72,86)(H,73,83)(H,74,82)(H,75,87)(H,76,92)(H,80,81)(H,94,95)/t30-,31-,32+,33-,35-,36+,37-,38+,39-,40+,41-,44+,45-,46+/m0/s1. The molecule has 0 aliphatic rings. The van der Waals surface area contributed by atoms with Crippen LogP contribution in [0, 0.1) is 17.8 Å². The predicted octanol–water partition coefficient (Wildman–Crippen LogP) is -8.11. The third-order valence-electron chi connectivity index (χ3n) is 14.7. The Kier molecular flexibility index (Phi) is 38.1. The van der Waals surface area contributed by atoms with Crippen LogP contribution in [0.2, 0.25) is 0 Å². The van der Waals surface area contributed by atoms with Gasteiger partial charge in [-0.2, -0.15) is 0 Å². The molecule has 95 heavy (non-hydrogen) atoms. The van der Waals surface area contributed by atoms with Gasteiger partial charge >= 0.3 is 11.9 Å². The number of carboxylic acids is 2. The molecule has 0 bridgehead atoms. The average molecular weight is 1350 g/mol. The first-order valence-electron chi connectivity index (χ1n) is 31.1. The van der Waals surface area contributed by atoms with E-state index in [-0.39, 0.29) is 45.3 Å². The topological polar surface area (TPSA) is 597 Å². The van der Waals surface area contributed by atoms with Gasteiger partial charge in [0, 0.05) is 12.8 Å². The second-order valence-electron chi connectivity index (χ2n) is 23.3. The molecule has 1 aromatic rings. The number of hydrogen-bond acceptors (Lipinski definition) is 21. The fraction of sp³-hybridized carbons (Fsp3) is 0.644. The molecule has 14 atom stereocenters. The minimum absolute atomic E-state index is 0.0849. The Hall–Kier alpha value is -8.97. The number of aliphatic carboxylic acids is 2. The molecular formula is C59H99N17O19. The zero-order valence-electron chi connectivity index (χ0n) is 55.0. The highest BCUT2D eigenvalue weighted by Gasteiger charge is 2.38. The van der Waals surface area contributed by atoms with Crippen LogP contribution in [-0.2, 0) is 78.3 Å². The molecule has 1 rings (SSSR count). The van der Waals surface area contributed by atoms with Gasteiger partial charge in [0.2, 0.25) is 76.8 Å². The van der Waals surface area contributed by atoms with Gasteiger partial charge in [0.1, 0.15) is 72.5 Å². The summed E-state index contributed by atoms with van der Waals surface area (Å²) in [5.74, 6) is -16.7. The van der Waals surface area contributed by atoms with Gasteiger partial charge in [-0.05, 0) is 89.4 Å². The van der Waals surface area contributed by atoms with Gasteiger partial charge in [-0.1, -0.05) is 78.3 Å². The molecule has 36 heteroatoms. The average Bonchev–Trinajstić information content (AvgIpc) is 0.893. The smallest absolute Gasteiger partial charge is 0.325 e. The lowest BCUT2D eigenvalue weighted by molar-refractivity contribution is -0.142. The minimum atomic E-state index is -1.81. The Balaban J connectivity index is 3.29. The summed E-state index contributed by atoms with van der Waals surface area (Å²) in [4.78, 5) is 198. The van der Waals surface area contributed by atoms with E-state index in [0.717, 1.165) is 6.92 Å². The lowest BCUT2D eigenvalue weighted by Crippen LogP contribution is -2.62. The molecule has 0 unspecified atom stereocenters. The fourth-order valence-corrected chi connectivity index (χ4v) is 8.77. The fourth-order valence-electron chi connectivity index (χ4n) is 8.77. The molecule has 0 radical (unpaired) electrons. The van der Waals surface area contributed by atoms with Crippen molar-refractivity contribution in [3.05, 3.63) is 35.9 Å². The molecule has 0 saturated heterocycles. The normalized spacial score (nSPS) is 15.5. The Morgan fingerprint density at radius 2 is 0.779 bits per heavy atom. The third kappa shape index (κ3) is 29.9. The van der Waals surface area contributed by atoms with Crippen molar-refractivity contribution in [2.45, 2.75) is 186 Å². The summed E-state index contributed by atoms with van der Waals surface area (Å²) >= 11 is 0. The van der Waals surface area contributed by atoms with Crippen LogP contribution in [0.15, 0.2) is 30.3 Å². The van der Waals surface area contributed by atoms with Crippen molar-refractivity contribution in [1.29, 1.82) is 0 Å². The van der Waals surface area contributed by atoms with Crippen molar-refractivity contribution in [3.8, 4) is 0 Å². The molecule has 0 spiro atoms. The van der Waals surface area contributed by atoms with E-state index in [1.807, 2.05) is 0 Å². The van der Waals surface area contributed by atoms with E-state index in [4.69, 9.17) is 22.9 Å². The van der Waals surface area contributed by atoms with E-state index in [1.165, 1.54) is 13.8 Å². The van der Waals surface area contributed by atoms with Crippen LogP contribution in [0.25, 0.3) is 0 Å². The number of hydrogen-bond donors (Lipinski definition) is 21. The molecule has 0 aliphatic carbocycles. The summed E-state index contributed by atoms with van der Waals surface area (Å²) in [6.07, 6.45) is -1.78. The number of benzene rings is 1. The lowest BCUT2D eigenvalue weighted by Gasteiger charge is -2.30. The van der Waals surface area contributed by atoms with Gasteiger partial charge < -0.3 is 112 Å². The summed E-state index contributed by atoms with van der Waals surface area (Å²) in [5, 5.41) is 70.3. The van der Waals surface area contributed by atoms with Crippen molar-refractivity contribution in [1.82, 2.24) is 69.1 Å². The maximum atomic E-state index is 14.4.